The highest BCUT2D eigenvalue weighted by Crippen LogP contribution is 2.28. The van der Waals surface area contributed by atoms with E-state index >= 15 is 0 Å². The number of carbonyl (C=O) groups is 1. The molecular weight excluding hydrogens is 348 g/mol. The van der Waals surface area contributed by atoms with Gasteiger partial charge in [-0.25, -0.2) is 13.2 Å². The topological polar surface area (TPSA) is 110 Å². The third kappa shape index (κ3) is 3.34. The lowest BCUT2D eigenvalue weighted by Crippen LogP contribution is -2.42. The average Bonchev–Trinajstić information content (AvgIpc) is 2.81. The van der Waals surface area contributed by atoms with Crippen LogP contribution < -0.4 is 5.76 Å². The second kappa shape index (κ2) is 6.30. The normalized spacial score (nSPS) is 22.3. The van der Waals surface area contributed by atoms with Gasteiger partial charge in [0, 0.05) is 19.2 Å². The van der Waals surface area contributed by atoms with Gasteiger partial charge in [-0.15, -0.1) is 0 Å². The van der Waals surface area contributed by atoms with Gasteiger partial charge in [0.05, 0.1) is 10.4 Å². The molecule has 1 aliphatic heterocycles. The van der Waals surface area contributed by atoms with Crippen molar-refractivity contribution in [1.29, 1.82) is 0 Å². The van der Waals surface area contributed by atoms with E-state index in [1.54, 1.807) is 0 Å². The fraction of sp³-hybridized carbons (Fsp3) is 0.500. The van der Waals surface area contributed by atoms with E-state index in [2.05, 4.69) is 0 Å². The molecule has 0 spiro atoms. The number of benzene rings is 1. The molecule has 25 heavy (non-hydrogen) atoms. The lowest BCUT2D eigenvalue weighted by atomic mass is 9.94. The number of sulfonamides is 1. The molecular formula is C16H20N2O6S. The summed E-state index contributed by atoms with van der Waals surface area (Å²) in [4.78, 5) is 22.7. The molecule has 0 unspecified atom stereocenters. The van der Waals surface area contributed by atoms with E-state index in [0.717, 1.165) is 11.0 Å². The predicted octanol–water partition coefficient (Wildman–Crippen LogP) is 1.35. The first kappa shape index (κ1) is 17.7. The largest absolute Gasteiger partial charge is 0.480 e. The monoisotopic (exact) mass is 368 g/mol. The minimum Gasteiger partial charge on any atom is -0.480 e. The molecule has 0 saturated carbocycles. The third-order valence-corrected chi connectivity index (χ3v) is 6.23. The lowest BCUT2D eigenvalue weighted by molar-refractivity contribution is -0.137. The zero-order valence-electron chi connectivity index (χ0n) is 14.0. The molecule has 8 nitrogen and oxygen atoms in total. The molecule has 1 aromatic heterocycles. The van der Waals surface area contributed by atoms with E-state index < -0.39 is 28.3 Å². The zero-order valence-corrected chi connectivity index (χ0v) is 14.8. The maximum Gasteiger partial charge on any atom is 0.420 e. The first-order valence-electron chi connectivity index (χ1n) is 8.04. The van der Waals surface area contributed by atoms with Crippen LogP contribution in [0.2, 0.25) is 0 Å². The van der Waals surface area contributed by atoms with Crippen molar-refractivity contribution in [3.05, 3.63) is 28.7 Å². The maximum atomic E-state index is 12.9. The van der Waals surface area contributed by atoms with Gasteiger partial charge < -0.3 is 9.52 Å². The van der Waals surface area contributed by atoms with Crippen molar-refractivity contribution in [2.24, 2.45) is 11.8 Å². The Morgan fingerprint density at radius 3 is 2.52 bits per heavy atom. The summed E-state index contributed by atoms with van der Waals surface area (Å²) >= 11 is 0. The van der Waals surface area contributed by atoms with Crippen molar-refractivity contribution in [1.82, 2.24) is 8.87 Å². The molecule has 1 aliphatic rings. The molecule has 136 valence electrons. The highest BCUT2D eigenvalue weighted by molar-refractivity contribution is 7.89. The van der Waals surface area contributed by atoms with E-state index in [-0.39, 0.29) is 27.8 Å². The van der Waals surface area contributed by atoms with Crippen molar-refractivity contribution in [3.63, 3.8) is 0 Å². The Morgan fingerprint density at radius 1 is 1.28 bits per heavy atom. The Hall–Kier alpha value is -2.13. The van der Waals surface area contributed by atoms with Crippen LogP contribution in [0.15, 0.2) is 32.3 Å². The molecule has 0 aliphatic carbocycles. The van der Waals surface area contributed by atoms with Crippen molar-refractivity contribution in [2.45, 2.75) is 31.7 Å². The molecule has 0 bridgehead atoms. The number of carboxylic acid groups (broad SMARTS) is 1. The van der Waals surface area contributed by atoms with Gasteiger partial charge in [0.2, 0.25) is 10.0 Å². The third-order valence-electron chi connectivity index (χ3n) is 4.41. The first-order valence-corrected chi connectivity index (χ1v) is 9.48. The molecule has 2 aromatic rings. The van der Waals surface area contributed by atoms with E-state index in [0.29, 0.717) is 13.1 Å². The van der Waals surface area contributed by atoms with Crippen molar-refractivity contribution < 1.29 is 22.7 Å². The van der Waals surface area contributed by atoms with E-state index in [1.807, 2.05) is 13.8 Å². The number of fused-ring (bicyclic) bond motifs is 1. The predicted molar refractivity (Wildman–Crippen MR) is 89.8 cm³/mol. The number of nitrogens with zero attached hydrogens (tertiary/aromatic N) is 2. The van der Waals surface area contributed by atoms with Crippen molar-refractivity contribution in [2.75, 3.05) is 13.1 Å². The molecule has 3 rings (SSSR count). The molecule has 0 radical (unpaired) electrons. The number of aromatic nitrogens is 1. The summed E-state index contributed by atoms with van der Waals surface area (Å²) in [5, 5.41) is 8.87. The number of hydrogen-bond donors (Lipinski definition) is 1. The number of hydrogen-bond acceptors (Lipinski definition) is 5. The van der Waals surface area contributed by atoms with Gasteiger partial charge in [0.1, 0.15) is 6.54 Å². The Morgan fingerprint density at radius 2 is 1.92 bits per heavy atom. The van der Waals surface area contributed by atoms with Crippen LogP contribution in [0.4, 0.5) is 0 Å². The molecule has 1 fully saturated rings. The number of rotatable bonds is 4. The Balaban J connectivity index is 2.01. The standard InChI is InChI=1S/C16H20N2O6S/c1-10-5-11(2)8-17(7-10)25(22,23)12-3-4-13-14(6-12)24-16(21)18(13)9-15(19)20/h3-4,6,10-11H,5,7-9H2,1-2H3,(H,19,20)/t10-,11-/m0/s1. The van der Waals surface area contributed by atoms with Gasteiger partial charge >= 0.3 is 11.7 Å². The minimum absolute atomic E-state index is 0.0394. The highest BCUT2D eigenvalue weighted by Gasteiger charge is 2.32. The van der Waals surface area contributed by atoms with Gasteiger partial charge in [-0.1, -0.05) is 13.8 Å². The van der Waals surface area contributed by atoms with Crippen LogP contribution in [-0.2, 0) is 21.4 Å². The summed E-state index contributed by atoms with van der Waals surface area (Å²) in [5.41, 5.74) is 0.317. The Kier molecular flexibility index (Phi) is 4.46. The van der Waals surface area contributed by atoms with E-state index in [4.69, 9.17) is 9.52 Å². The van der Waals surface area contributed by atoms with E-state index in [1.165, 1.54) is 22.5 Å². The smallest absolute Gasteiger partial charge is 0.420 e. The van der Waals surface area contributed by atoms with E-state index in [9.17, 15) is 18.0 Å². The molecule has 1 saturated heterocycles. The molecule has 1 aromatic carbocycles. The van der Waals surface area contributed by atoms with Crippen LogP contribution in [0.25, 0.3) is 11.1 Å². The molecule has 0 amide bonds. The summed E-state index contributed by atoms with van der Waals surface area (Å²) < 4.78 is 33.2. The van der Waals surface area contributed by atoms with Gasteiger partial charge in [0.25, 0.3) is 0 Å². The summed E-state index contributed by atoms with van der Waals surface area (Å²) in [6.45, 7) is 4.40. The fourth-order valence-electron chi connectivity index (χ4n) is 3.44. The minimum atomic E-state index is -3.70. The molecule has 2 heterocycles. The zero-order chi connectivity index (χ0) is 18.4. The fourth-order valence-corrected chi connectivity index (χ4v) is 5.14. The number of oxazole rings is 1. The van der Waals surface area contributed by atoms with Crippen molar-refractivity contribution in [3.8, 4) is 0 Å². The second-order valence-corrected chi connectivity index (χ2v) is 8.68. The average molecular weight is 368 g/mol. The number of carboxylic acids is 1. The van der Waals surface area contributed by atoms with Crippen LogP contribution >= 0.6 is 0 Å². The summed E-state index contributed by atoms with van der Waals surface area (Å²) in [6, 6.07) is 4.08. The van der Waals surface area contributed by atoms with Gasteiger partial charge in [-0.2, -0.15) is 4.31 Å². The maximum absolute atomic E-state index is 12.9. The molecule has 9 heteroatoms. The highest BCUT2D eigenvalue weighted by atomic mass is 32.2. The van der Waals surface area contributed by atoms with Crippen LogP contribution in [0.3, 0.4) is 0 Å². The van der Waals surface area contributed by atoms with Crippen LogP contribution in [0.5, 0.6) is 0 Å². The quantitative estimate of drug-likeness (QED) is 0.872. The summed E-state index contributed by atoms with van der Waals surface area (Å²) in [6.07, 6.45) is 0.984. The van der Waals surface area contributed by atoms with Crippen LogP contribution in [-0.4, -0.2) is 41.5 Å². The second-order valence-electron chi connectivity index (χ2n) is 6.75. The van der Waals surface area contributed by atoms with Crippen molar-refractivity contribution >= 4 is 27.1 Å². The van der Waals surface area contributed by atoms with Gasteiger partial charge in [0.15, 0.2) is 5.58 Å². The van der Waals surface area contributed by atoms with Gasteiger partial charge in [-0.05, 0) is 30.4 Å². The lowest BCUT2D eigenvalue weighted by Gasteiger charge is -2.34. The summed E-state index contributed by atoms with van der Waals surface area (Å²) in [5.74, 6) is -1.46. The van der Waals surface area contributed by atoms with Crippen LogP contribution in [0, 0.1) is 11.8 Å². The molecule has 1 N–H and O–H groups in total. The van der Waals surface area contributed by atoms with Gasteiger partial charge in [-0.3, -0.25) is 9.36 Å². The Bertz CT molecular complexity index is 964. The molecule has 2 atom stereocenters. The summed E-state index contributed by atoms with van der Waals surface area (Å²) in [7, 11) is -3.70. The SMILES string of the molecule is C[C@H]1C[C@H](C)CN(S(=O)(=O)c2ccc3c(c2)oc(=O)n3CC(=O)O)C1. The van der Waals surface area contributed by atoms with Crippen LogP contribution in [0.1, 0.15) is 20.3 Å². The number of aliphatic carboxylic acids is 1. The first-order chi connectivity index (χ1) is 11.7. The number of piperidine rings is 1. The Labute approximate surface area is 144 Å².